The van der Waals surface area contributed by atoms with E-state index in [1.54, 1.807) is 6.07 Å². The zero-order chi connectivity index (χ0) is 22.8. The molecule has 0 saturated carbocycles. The summed E-state index contributed by atoms with van der Waals surface area (Å²) in [5.74, 6) is 0.767. The van der Waals surface area contributed by atoms with Gasteiger partial charge in [-0.3, -0.25) is 4.79 Å². The van der Waals surface area contributed by atoms with Gasteiger partial charge in [-0.1, -0.05) is 0 Å². The second-order valence-corrected chi connectivity index (χ2v) is 8.62. The van der Waals surface area contributed by atoms with Crippen molar-refractivity contribution in [1.29, 1.82) is 0 Å². The van der Waals surface area contributed by atoms with E-state index >= 15 is 0 Å². The lowest BCUT2D eigenvalue weighted by Crippen LogP contribution is -2.39. The van der Waals surface area contributed by atoms with Crippen LogP contribution < -0.4 is 15.4 Å². The van der Waals surface area contributed by atoms with Gasteiger partial charge in [-0.15, -0.1) is 10.2 Å². The summed E-state index contributed by atoms with van der Waals surface area (Å²) in [6.45, 7) is 6.99. The molecule has 2 aromatic heterocycles. The predicted molar refractivity (Wildman–Crippen MR) is 124 cm³/mol. The summed E-state index contributed by atoms with van der Waals surface area (Å²) < 4.78 is 6.84. The van der Waals surface area contributed by atoms with Gasteiger partial charge in [0.1, 0.15) is 11.6 Å². The third kappa shape index (κ3) is 4.40. The standard InChI is InChI=1S/C23H29N7O3/c1-2-30-21(31)8-7-19(26-30)22(32)16-4-3-9-29(15-16)23-18-6-5-17(14-20(18)24-27-25-23)28-10-12-33-13-11-28/h5-8,14,16,22,32H,2-4,9-13,15H2,1H3/t16-,22-/m0/s1. The van der Waals surface area contributed by atoms with Crippen LogP contribution in [0.25, 0.3) is 10.9 Å². The lowest BCUT2D eigenvalue weighted by Gasteiger charge is -2.35. The molecule has 2 atom stereocenters. The average Bonchev–Trinajstić information content (AvgIpc) is 2.88. The van der Waals surface area contributed by atoms with Crippen molar-refractivity contribution >= 4 is 22.4 Å². The number of ether oxygens (including phenoxy) is 1. The number of aliphatic hydroxyl groups excluding tert-OH is 1. The number of anilines is 2. The smallest absolute Gasteiger partial charge is 0.266 e. The molecule has 4 heterocycles. The van der Waals surface area contributed by atoms with Crippen LogP contribution in [0.15, 0.2) is 35.1 Å². The van der Waals surface area contributed by atoms with E-state index in [4.69, 9.17) is 4.74 Å². The maximum absolute atomic E-state index is 11.9. The van der Waals surface area contributed by atoms with Crippen LogP contribution in [0.1, 0.15) is 31.6 Å². The fourth-order valence-electron chi connectivity index (χ4n) is 4.76. The van der Waals surface area contributed by atoms with E-state index in [0.29, 0.717) is 18.8 Å². The van der Waals surface area contributed by atoms with Crippen LogP contribution >= 0.6 is 0 Å². The van der Waals surface area contributed by atoms with E-state index in [-0.39, 0.29) is 11.5 Å². The molecule has 2 aliphatic rings. The molecular formula is C23H29N7O3. The molecular weight excluding hydrogens is 422 g/mol. The lowest BCUT2D eigenvalue weighted by atomic mass is 9.90. The third-order valence-corrected chi connectivity index (χ3v) is 6.58. The molecule has 2 fully saturated rings. The zero-order valence-electron chi connectivity index (χ0n) is 18.8. The Hall–Kier alpha value is -3.11. The van der Waals surface area contributed by atoms with Gasteiger partial charge in [-0.05, 0) is 49.2 Å². The van der Waals surface area contributed by atoms with Crippen LogP contribution in [0.2, 0.25) is 0 Å². The molecule has 3 aromatic rings. The molecule has 33 heavy (non-hydrogen) atoms. The monoisotopic (exact) mass is 451 g/mol. The molecule has 0 spiro atoms. The van der Waals surface area contributed by atoms with E-state index < -0.39 is 6.10 Å². The molecule has 5 rings (SSSR count). The van der Waals surface area contributed by atoms with Gasteiger partial charge < -0.3 is 19.6 Å². The number of fused-ring (bicyclic) bond motifs is 1. The minimum atomic E-state index is -0.750. The van der Waals surface area contributed by atoms with E-state index in [1.165, 1.54) is 10.7 Å². The zero-order valence-corrected chi connectivity index (χ0v) is 18.8. The number of aromatic nitrogens is 5. The number of aryl methyl sites for hydroxylation is 1. The Morgan fingerprint density at radius 2 is 1.97 bits per heavy atom. The average molecular weight is 452 g/mol. The molecule has 10 nitrogen and oxygen atoms in total. The topological polar surface area (TPSA) is 110 Å². The molecule has 0 unspecified atom stereocenters. The number of rotatable bonds is 5. The first-order valence-electron chi connectivity index (χ1n) is 11.6. The van der Waals surface area contributed by atoms with Crippen molar-refractivity contribution in [1.82, 2.24) is 25.2 Å². The quantitative estimate of drug-likeness (QED) is 0.615. The fraction of sp³-hybridized carbons (Fsp3) is 0.522. The molecule has 2 saturated heterocycles. The van der Waals surface area contributed by atoms with Crippen LogP contribution in [0.4, 0.5) is 11.5 Å². The number of nitrogens with zero attached hydrogens (tertiary/aromatic N) is 7. The Bertz CT molecular complexity index is 1180. The molecule has 2 aliphatic heterocycles. The largest absolute Gasteiger partial charge is 0.386 e. The Morgan fingerprint density at radius 1 is 1.12 bits per heavy atom. The first kappa shape index (κ1) is 21.7. The maximum atomic E-state index is 11.9. The normalized spacial score (nSPS) is 20.2. The van der Waals surface area contributed by atoms with Gasteiger partial charge in [0, 0.05) is 55.8 Å². The summed E-state index contributed by atoms with van der Waals surface area (Å²) in [6.07, 6.45) is 1.05. The molecule has 1 N–H and O–H groups in total. The number of aliphatic hydroxyl groups is 1. The van der Waals surface area contributed by atoms with E-state index in [9.17, 15) is 9.90 Å². The number of piperidine rings is 1. The van der Waals surface area contributed by atoms with Gasteiger partial charge >= 0.3 is 0 Å². The van der Waals surface area contributed by atoms with Crippen molar-refractivity contribution in [2.75, 3.05) is 49.2 Å². The van der Waals surface area contributed by atoms with Crippen LogP contribution in [0.3, 0.4) is 0 Å². The van der Waals surface area contributed by atoms with Crippen molar-refractivity contribution in [3.8, 4) is 0 Å². The maximum Gasteiger partial charge on any atom is 0.266 e. The second-order valence-electron chi connectivity index (χ2n) is 8.62. The summed E-state index contributed by atoms with van der Waals surface area (Å²) in [5.41, 5.74) is 2.29. The van der Waals surface area contributed by atoms with Gasteiger partial charge in [0.25, 0.3) is 5.56 Å². The predicted octanol–water partition coefficient (Wildman–Crippen LogP) is 1.39. The van der Waals surface area contributed by atoms with E-state index in [0.717, 1.165) is 68.1 Å². The van der Waals surface area contributed by atoms with Crippen molar-refractivity contribution in [2.24, 2.45) is 5.92 Å². The van der Waals surface area contributed by atoms with Gasteiger partial charge in [-0.25, -0.2) is 4.68 Å². The first-order chi connectivity index (χ1) is 16.1. The molecule has 10 heteroatoms. The second kappa shape index (κ2) is 9.40. The molecule has 1 aromatic carbocycles. The molecule has 174 valence electrons. The highest BCUT2D eigenvalue weighted by molar-refractivity contribution is 5.91. The van der Waals surface area contributed by atoms with E-state index in [2.05, 4.69) is 48.5 Å². The highest BCUT2D eigenvalue weighted by atomic mass is 16.5. The molecule has 0 aliphatic carbocycles. The fourth-order valence-corrected chi connectivity index (χ4v) is 4.76. The summed E-state index contributed by atoms with van der Waals surface area (Å²) in [7, 11) is 0. The van der Waals surface area contributed by atoms with Gasteiger partial charge in [0.15, 0.2) is 5.82 Å². The lowest BCUT2D eigenvalue weighted by molar-refractivity contribution is 0.0920. The minimum Gasteiger partial charge on any atom is -0.386 e. The number of morpholine rings is 1. The third-order valence-electron chi connectivity index (χ3n) is 6.58. The summed E-state index contributed by atoms with van der Waals surface area (Å²) in [4.78, 5) is 16.3. The first-order valence-corrected chi connectivity index (χ1v) is 11.6. The van der Waals surface area contributed by atoms with Crippen molar-refractivity contribution < 1.29 is 9.84 Å². The molecule has 0 radical (unpaired) electrons. The SMILES string of the molecule is CCn1nc([C@@H](O)[C@H]2CCCN(c3nnnc4cc(N5CCOCC5)ccc34)C2)ccc1=O. The van der Waals surface area contributed by atoms with Gasteiger partial charge in [-0.2, -0.15) is 5.10 Å². The minimum absolute atomic E-state index is 0.0216. The van der Waals surface area contributed by atoms with Crippen LogP contribution in [-0.4, -0.2) is 69.7 Å². The number of hydrogen-bond donors (Lipinski definition) is 1. The summed E-state index contributed by atoms with van der Waals surface area (Å²) >= 11 is 0. The van der Waals surface area contributed by atoms with Crippen molar-refractivity contribution in [2.45, 2.75) is 32.4 Å². The Kier molecular flexibility index (Phi) is 6.19. The van der Waals surface area contributed by atoms with Gasteiger partial charge in [0.05, 0.1) is 18.9 Å². The summed E-state index contributed by atoms with van der Waals surface area (Å²) in [5, 5.41) is 29.0. The van der Waals surface area contributed by atoms with E-state index in [1.807, 2.05) is 6.92 Å². The van der Waals surface area contributed by atoms with Crippen molar-refractivity contribution in [3.63, 3.8) is 0 Å². The Labute approximate surface area is 191 Å². The highest BCUT2D eigenvalue weighted by Crippen LogP contribution is 2.33. The van der Waals surface area contributed by atoms with Crippen LogP contribution in [0, 0.1) is 5.92 Å². The highest BCUT2D eigenvalue weighted by Gasteiger charge is 2.30. The molecule has 0 amide bonds. The number of hydrogen-bond acceptors (Lipinski definition) is 9. The van der Waals surface area contributed by atoms with Crippen molar-refractivity contribution in [3.05, 3.63) is 46.4 Å². The summed E-state index contributed by atoms with van der Waals surface area (Å²) in [6, 6.07) is 9.34. The Morgan fingerprint density at radius 3 is 2.79 bits per heavy atom. The van der Waals surface area contributed by atoms with Crippen LogP contribution in [0.5, 0.6) is 0 Å². The number of benzene rings is 1. The van der Waals surface area contributed by atoms with Crippen LogP contribution in [-0.2, 0) is 11.3 Å². The van der Waals surface area contributed by atoms with Gasteiger partial charge in [0.2, 0.25) is 0 Å². The Balaban J connectivity index is 1.38. The molecule has 0 bridgehead atoms.